The third kappa shape index (κ3) is 5.14. The number of nitrogens with zero attached hydrogens (tertiary/aromatic N) is 2. The average Bonchev–Trinajstić information content (AvgIpc) is 2.76. The van der Waals surface area contributed by atoms with Gasteiger partial charge in [0.15, 0.2) is 5.17 Å². The molecule has 2 aromatic carbocycles. The number of carboxylic acids is 1. The first-order valence-electron chi connectivity index (χ1n) is 9.51. The maximum absolute atomic E-state index is 13.7. The molecular formula is C22H19F3N2O5S. The summed E-state index contributed by atoms with van der Waals surface area (Å²) in [4.78, 5) is 28.9. The van der Waals surface area contributed by atoms with Crippen molar-refractivity contribution in [2.75, 3.05) is 7.11 Å². The van der Waals surface area contributed by atoms with Crippen LogP contribution in [0.25, 0.3) is 0 Å². The van der Waals surface area contributed by atoms with Crippen molar-refractivity contribution >= 4 is 29.0 Å². The topological polar surface area (TPSA) is 99.4 Å². The number of thioether (sulfide) groups is 1. The Hall–Kier alpha value is -3.47. The van der Waals surface area contributed by atoms with Crippen molar-refractivity contribution in [2.45, 2.75) is 24.9 Å². The lowest BCUT2D eigenvalue weighted by atomic mass is 9.91. The molecule has 1 atom stereocenters. The molecule has 0 radical (unpaired) electrons. The Morgan fingerprint density at radius 1 is 1.12 bits per heavy atom. The maximum atomic E-state index is 13.7. The van der Waals surface area contributed by atoms with Gasteiger partial charge in [0.2, 0.25) is 0 Å². The second kappa shape index (κ2) is 9.57. The minimum absolute atomic E-state index is 0.0702. The summed E-state index contributed by atoms with van der Waals surface area (Å²) in [6.07, 6.45) is -6.44. The molecule has 0 saturated carbocycles. The largest absolute Gasteiger partial charge is 0.497 e. The van der Waals surface area contributed by atoms with E-state index >= 15 is 0 Å². The Morgan fingerprint density at radius 3 is 2.30 bits per heavy atom. The van der Waals surface area contributed by atoms with E-state index in [2.05, 4.69) is 4.99 Å². The van der Waals surface area contributed by atoms with Gasteiger partial charge in [-0.25, -0.2) is 19.5 Å². The second-order valence-corrected chi connectivity index (χ2v) is 7.92. The highest BCUT2D eigenvalue weighted by Crippen LogP contribution is 2.43. The fourth-order valence-corrected chi connectivity index (χ4v) is 4.43. The molecule has 0 aromatic heterocycles. The van der Waals surface area contributed by atoms with E-state index in [0.29, 0.717) is 10.6 Å². The Morgan fingerprint density at radius 2 is 1.76 bits per heavy atom. The summed E-state index contributed by atoms with van der Waals surface area (Å²) in [6.45, 7) is 1.33. The number of benzene rings is 2. The van der Waals surface area contributed by atoms with E-state index < -0.39 is 41.0 Å². The molecule has 2 N–H and O–H groups in total. The molecule has 7 nitrogen and oxygen atoms in total. The monoisotopic (exact) mass is 480 g/mol. The SMILES string of the molecule is COc1ccc(CSC2=NC(C)=C(C(=O)O)C(c3ccccc3C(F)(F)F)N2C(=O)O)cc1. The predicted octanol–water partition coefficient (Wildman–Crippen LogP) is 5.40. The van der Waals surface area contributed by atoms with Crippen molar-refractivity contribution < 1.29 is 37.7 Å². The lowest BCUT2D eigenvalue weighted by molar-refractivity contribution is -0.139. The van der Waals surface area contributed by atoms with Crippen LogP contribution in [0.1, 0.15) is 29.7 Å². The van der Waals surface area contributed by atoms with Crippen molar-refractivity contribution in [3.05, 3.63) is 76.5 Å². The summed E-state index contributed by atoms with van der Waals surface area (Å²) in [5.41, 5.74) is -1.43. The smallest absolute Gasteiger partial charge is 0.416 e. The van der Waals surface area contributed by atoms with Crippen molar-refractivity contribution in [1.29, 1.82) is 0 Å². The Kier molecular flexibility index (Phi) is 7.01. The van der Waals surface area contributed by atoms with Gasteiger partial charge >= 0.3 is 18.2 Å². The fourth-order valence-electron chi connectivity index (χ4n) is 3.42. The normalized spacial score (nSPS) is 16.5. The number of amidine groups is 1. The number of aliphatic imine (C=N–C) groups is 1. The zero-order valence-corrected chi connectivity index (χ0v) is 18.3. The van der Waals surface area contributed by atoms with Gasteiger partial charge in [0.25, 0.3) is 0 Å². The number of amides is 1. The molecule has 0 saturated heterocycles. The van der Waals surface area contributed by atoms with Gasteiger partial charge in [0, 0.05) is 5.75 Å². The summed E-state index contributed by atoms with van der Waals surface area (Å²) >= 11 is 0.976. The molecule has 2 aromatic rings. The number of carboxylic acid groups (broad SMARTS) is 2. The third-order valence-electron chi connectivity index (χ3n) is 4.92. The van der Waals surface area contributed by atoms with Gasteiger partial charge in [-0.15, -0.1) is 0 Å². The highest BCUT2D eigenvalue weighted by molar-refractivity contribution is 8.13. The number of alkyl halides is 3. The second-order valence-electron chi connectivity index (χ2n) is 6.98. The number of allylic oxidation sites excluding steroid dienone is 1. The van der Waals surface area contributed by atoms with Crippen LogP contribution in [0.3, 0.4) is 0 Å². The van der Waals surface area contributed by atoms with Crippen LogP contribution in [-0.2, 0) is 16.7 Å². The Bertz CT molecular complexity index is 1130. The minimum atomic E-state index is -4.82. The van der Waals surface area contributed by atoms with Crippen LogP contribution >= 0.6 is 11.8 Å². The number of hydrogen-bond donors (Lipinski definition) is 2. The summed E-state index contributed by atoms with van der Waals surface area (Å²) in [5.74, 6) is -0.682. The van der Waals surface area contributed by atoms with Crippen LogP contribution in [0.5, 0.6) is 5.75 Å². The quantitative estimate of drug-likeness (QED) is 0.595. The van der Waals surface area contributed by atoms with Crippen LogP contribution in [0.4, 0.5) is 18.0 Å². The van der Waals surface area contributed by atoms with Crippen LogP contribution in [-0.4, -0.2) is 39.5 Å². The predicted molar refractivity (Wildman–Crippen MR) is 116 cm³/mol. The number of halogens is 3. The van der Waals surface area contributed by atoms with Gasteiger partial charge in [-0.1, -0.05) is 42.1 Å². The van der Waals surface area contributed by atoms with E-state index in [1.807, 2.05) is 0 Å². The van der Waals surface area contributed by atoms with Crippen LogP contribution < -0.4 is 4.74 Å². The van der Waals surface area contributed by atoms with Gasteiger partial charge in [-0.05, 0) is 36.2 Å². The lowest BCUT2D eigenvalue weighted by Crippen LogP contribution is -2.43. The van der Waals surface area contributed by atoms with Crippen molar-refractivity contribution in [3.8, 4) is 5.75 Å². The van der Waals surface area contributed by atoms with Gasteiger partial charge < -0.3 is 14.9 Å². The highest BCUT2D eigenvalue weighted by Gasteiger charge is 2.44. The van der Waals surface area contributed by atoms with Crippen LogP contribution in [0.15, 0.2) is 64.8 Å². The van der Waals surface area contributed by atoms with Crippen LogP contribution in [0, 0.1) is 0 Å². The van der Waals surface area contributed by atoms with Crippen molar-refractivity contribution in [2.24, 2.45) is 4.99 Å². The summed E-state index contributed by atoms with van der Waals surface area (Å²) in [6, 6.07) is 9.53. The lowest BCUT2D eigenvalue weighted by Gasteiger charge is -2.35. The molecule has 3 rings (SSSR count). The number of methoxy groups -OCH3 is 1. The van der Waals surface area contributed by atoms with Crippen molar-refractivity contribution in [3.63, 3.8) is 0 Å². The third-order valence-corrected chi connectivity index (χ3v) is 5.94. The van der Waals surface area contributed by atoms with E-state index in [1.165, 1.54) is 20.1 Å². The first-order chi connectivity index (χ1) is 15.5. The number of carbonyl (C=O) groups is 2. The van der Waals surface area contributed by atoms with Crippen molar-refractivity contribution in [1.82, 2.24) is 4.90 Å². The standard InChI is InChI=1S/C22H19F3N2O5S/c1-12-17(19(28)29)18(15-5-3-4-6-16(15)22(23,24)25)27(21(30)31)20(26-12)33-11-13-7-9-14(32-2)10-8-13/h3-10,18H,11H2,1-2H3,(H,28,29)(H,30,31). The summed E-state index contributed by atoms with van der Waals surface area (Å²) < 4.78 is 46.2. The highest BCUT2D eigenvalue weighted by atomic mass is 32.2. The molecule has 0 bridgehead atoms. The van der Waals surface area contributed by atoms with E-state index in [1.54, 1.807) is 24.3 Å². The van der Waals surface area contributed by atoms with Crippen LogP contribution in [0.2, 0.25) is 0 Å². The first-order valence-corrected chi connectivity index (χ1v) is 10.5. The molecule has 33 heavy (non-hydrogen) atoms. The number of hydrogen-bond acceptors (Lipinski definition) is 5. The number of rotatable bonds is 5. The summed E-state index contributed by atoms with van der Waals surface area (Å²) in [5, 5.41) is 19.5. The molecule has 1 unspecified atom stereocenters. The molecule has 1 heterocycles. The zero-order valence-electron chi connectivity index (χ0n) is 17.5. The number of ether oxygens (including phenoxy) is 1. The molecule has 1 aliphatic rings. The molecule has 1 amide bonds. The molecule has 11 heteroatoms. The molecule has 0 spiro atoms. The van der Waals surface area contributed by atoms with Gasteiger partial charge in [-0.2, -0.15) is 13.2 Å². The Balaban J connectivity index is 2.08. The van der Waals surface area contributed by atoms with Gasteiger partial charge in [0.1, 0.15) is 11.8 Å². The molecule has 1 aliphatic heterocycles. The maximum Gasteiger partial charge on any atom is 0.416 e. The molecule has 174 valence electrons. The van der Waals surface area contributed by atoms with E-state index in [9.17, 15) is 33.0 Å². The number of aliphatic carboxylic acids is 1. The van der Waals surface area contributed by atoms with E-state index in [-0.39, 0.29) is 16.6 Å². The Labute approximate surface area is 191 Å². The average molecular weight is 480 g/mol. The van der Waals surface area contributed by atoms with Gasteiger partial charge in [0.05, 0.1) is 23.9 Å². The molecule has 0 fully saturated rings. The molecular weight excluding hydrogens is 461 g/mol. The minimum Gasteiger partial charge on any atom is -0.497 e. The first kappa shape index (κ1) is 24.2. The zero-order chi connectivity index (χ0) is 24.3. The van der Waals surface area contributed by atoms with E-state index in [4.69, 9.17) is 4.74 Å². The van der Waals surface area contributed by atoms with E-state index in [0.717, 1.165) is 35.5 Å². The molecule has 0 aliphatic carbocycles. The van der Waals surface area contributed by atoms with Gasteiger partial charge in [-0.3, -0.25) is 0 Å². The summed E-state index contributed by atoms with van der Waals surface area (Å²) in [7, 11) is 1.51. The fraction of sp³-hybridized carbons (Fsp3) is 0.227.